The molecular weight excluding hydrogens is 399 g/mol. The number of nitrogens with zero attached hydrogens (tertiary/aromatic N) is 3. The van der Waals surface area contributed by atoms with E-state index in [1.54, 1.807) is 12.1 Å². The van der Waals surface area contributed by atoms with Gasteiger partial charge >= 0.3 is 5.69 Å². The van der Waals surface area contributed by atoms with Crippen molar-refractivity contribution in [3.63, 3.8) is 0 Å². The lowest BCUT2D eigenvalue weighted by molar-refractivity contribution is -0.386. The summed E-state index contributed by atoms with van der Waals surface area (Å²) >= 11 is 0. The molecule has 1 aliphatic heterocycles. The Labute approximate surface area is 169 Å². The number of benzene rings is 2. The maximum absolute atomic E-state index is 13.1. The van der Waals surface area contributed by atoms with Crippen LogP contribution in [0, 0.1) is 15.9 Å². The van der Waals surface area contributed by atoms with Crippen LogP contribution in [-0.4, -0.2) is 63.8 Å². The molecule has 0 spiro atoms. The highest BCUT2D eigenvalue weighted by Gasteiger charge is 2.26. The van der Waals surface area contributed by atoms with Gasteiger partial charge in [0.2, 0.25) is 0 Å². The number of para-hydroxylation sites is 1. The predicted octanol–water partition coefficient (Wildman–Crippen LogP) is 2.37. The van der Waals surface area contributed by atoms with Gasteiger partial charge in [0, 0.05) is 51.2 Å². The van der Waals surface area contributed by atoms with Gasteiger partial charge in [-0.1, -0.05) is 6.07 Å². The summed E-state index contributed by atoms with van der Waals surface area (Å²) < 4.78 is 36.7. The number of sulfone groups is 1. The standard InChI is InChI=1S/C19H23FN4O4S/c1-29(27,28)18-4-2-3-17(19(18)24(25)26)21-9-10-22-11-13-23(14-12-22)16-7-5-15(20)6-8-16/h2-8,21H,9-14H2,1H3. The second-order valence-electron chi connectivity index (χ2n) is 6.91. The van der Waals surface area contributed by atoms with E-state index in [2.05, 4.69) is 15.1 Å². The molecule has 1 N–H and O–H groups in total. The molecule has 10 heteroatoms. The van der Waals surface area contributed by atoms with Gasteiger partial charge in [-0.2, -0.15) is 0 Å². The molecule has 0 bridgehead atoms. The summed E-state index contributed by atoms with van der Waals surface area (Å²) in [6.07, 6.45) is 0.958. The third kappa shape index (κ3) is 5.21. The van der Waals surface area contributed by atoms with E-state index in [1.807, 2.05) is 0 Å². The van der Waals surface area contributed by atoms with Crippen molar-refractivity contribution in [2.45, 2.75) is 4.90 Å². The van der Waals surface area contributed by atoms with Crippen LogP contribution in [0.25, 0.3) is 0 Å². The van der Waals surface area contributed by atoms with E-state index >= 15 is 0 Å². The Kier molecular flexibility index (Phi) is 6.33. The third-order valence-corrected chi connectivity index (χ3v) is 6.02. The smallest absolute Gasteiger partial charge is 0.310 e. The van der Waals surface area contributed by atoms with E-state index in [4.69, 9.17) is 0 Å². The Morgan fingerprint density at radius 3 is 2.34 bits per heavy atom. The molecule has 8 nitrogen and oxygen atoms in total. The summed E-state index contributed by atoms with van der Waals surface area (Å²) in [4.78, 5) is 14.9. The number of anilines is 2. The fourth-order valence-electron chi connectivity index (χ4n) is 3.38. The van der Waals surface area contributed by atoms with E-state index in [1.165, 1.54) is 30.3 Å². The first-order valence-corrected chi connectivity index (χ1v) is 11.1. The Balaban J connectivity index is 1.56. The number of nitro benzene ring substituents is 1. The minimum atomic E-state index is -3.70. The number of hydrogen-bond acceptors (Lipinski definition) is 7. The third-order valence-electron chi connectivity index (χ3n) is 4.89. The van der Waals surface area contributed by atoms with Crippen LogP contribution >= 0.6 is 0 Å². The Hall–Kier alpha value is -2.72. The monoisotopic (exact) mass is 422 g/mol. The van der Waals surface area contributed by atoms with E-state index in [-0.39, 0.29) is 16.4 Å². The van der Waals surface area contributed by atoms with Gasteiger partial charge < -0.3 is 10.2 Å². The average Bonchev–Trinajstić information content (AvgIpc) is 2.68. The van der Waals surface area contributed by atoms with Crippen molar-refractivity contribution in [1.29, 1.82) is 0 Å². The van der Waals surface area contributed by atoms with Gasteiger partial charge in [0.1, 0.15) is 16.4 Å². The minimum absolute atomic E-state index is 0.197. The maximum Gasteiger partial charge on any atom is 0.310 e. The van der Waals surface area contributed by atoms with Crippen LogP contribution in [-0.2, 0) is 9.84 Å². The van der Waals surface area contributed by atoms with Crippen LogP contribution in [0.3, 0.4) is 0 Å². The van der Waals surface area contributed by atoms with Crippen molar-refractivity contribution in [3.05, 3.63) is 58.4 Å². The van der Waals surface area contributed by atoms with Gasteiger partial charge in [-0.05, 0) is 36.4 Å². The van der Waals surface area contributed by atoms with Crippen LogP contribution in [0.4, 0.5) is 21.5 Å². The maximum atomic E-state index is 13.1. The Morgan fingerprint density at radius 2 is 1.76 bits per heavy atom. The predicted molar refractivity (Wildman–Crippen MR) is 110 cm³/mol. The van der Waals surface area contributed by atoms with Crippen LogP contribution in [0.1, 0.15) is 0 Å². The molecule has 2 aromatic rings. The normalized spacial score (nSPS) is 15.3. The van der Waals surface area contributed by atoms with Gasteiger partial charge in [0.05, 0.1) is 4.92 Å². The zero-order chi connectivity index (χ0) is 21.0. The van der Waals surface area contributed by atoms with Crippen LogP contribution in [0.2, 0.25) is 0 Å². The van der Waals surface area contributed by atoms with Crippen molar-refractivity contribution in [1.82, 2.24) is 4.90 Å². The fraction of sp³-hybridized carbons (Fsp3) is 0.368. The van der Waals surface area contributed by atoms with Gasteiger partial charge in [-0.25, -0.2) is 12.8 Å². The van der Waals surface area contributed by atoms with Crippen molar-refractivity contribution in [3.8, 4) is 0 Å². The van der Waals surface area contributed by atoms with Gasteiger partial charge in [0.15, 0.2) is 9.84 Å². The van der Waals surface area contributed by atoms with Crippen LogP contribution < -0.4 is 10.2 Å². The number of hydrogen-bond donors (Lipinski definition) is 1. The highest BCUT2D eigenvalue weighted by atomic mass is 32.2. The van der Waals surface area contributed by atoms with Crippen molar-refractivity contribution < 1.29 is 17.7 Å². The van der Waals surface area contributed by atoms with E-state index in [0.29, 0.717) is 13.1 Å². The number of piperazine rings is 1. The van der Waals surface area contributed by atoms with Gasteiger partial charge in [-0.15, -0.1) is 0 Å². The zero-order valence-corrected chi connectivity index (χ0v) is 16.9. The second-order valence-corrected chi connectivity index (χ2v) is 8.90. The number of nitrogens with one attached hydrogen (secondary N) is 1. The van der Waals surface area contributed by atoms with Gasteiger partial charge in [-0.3, -0.25) is 15.0 Å². The van der Waals surface area contributed by atoms with Gasteiger partial charge in [0.25, 0.3) is 0 Å². The topological polar surface area (TPSA) is 95.8 Å². The first-order valence-electron chi connectivity index (χ1n) is 9.20. The van der Waals surface area contributed by atoms with E-state index < -0.39 is 20.4 Å². The molecule has 0 amide bonds. The largest absolute Gasteiger partial charge is 0.378 e. The van der Waals surface area contributed by atoms with Crippen molar-refractivity contribution in [2.75, 3.05) is 55.7 Å². The molecule has 29 heavy (non-hydrogen) atoms. The molecule has 1 aliphatic rings. The molecule has 0 saturated carbocycles. The highest BCUT2D eigenvalue weighted by molar-refractivity contribution is 7.90. The van der Waals surface area contributed by atoms with Crippen molar-refractivity contribution >= 4 is 26.9 Å². The Morgan fingerprint density at radius 1 is 1.10 bits per heavy atom. The zero-order valence-electron chi connectivity index (χ0n) is 16.0. The molecule has 0 atom stereocenters. The molecule has 1 fully saturated rings. The summed E-state index contributed by atoms with van der Waals surface area (Å²) in [5.41, 5.74) is 0.761. The molecule has 0 aromatic heterocycles. The first-order chi connectivity index (χ1) is 13.8. The molecule has 156 valence electrons. The van der Waals surface area contributed by atoms with Crippen LogP contribution in [0.15, 0.2) is 47.4 Å². The number of rotatable bonds is 7. The average molecular weight is 422 g/mol. The minimum Gasteiger partial charge on any atom is -0.378 e. The molecule has 0 radical (unpaired) electrons. The summed E-state index contributed by atoms with van der Waals surface area (Å²) in [5.74, 6) is -0.257. The first kappa shape index (κ1) is 21.0. The molecule has 1 heterocycles. The summed E-state index contributed by atoms with van der Waals surface area (Å²) in [5, 5.41) is 14.4. The van der Waals surface area contributed by atoms with E-state index in [9.17, 15) is 22.9 Å². The highest BCUT2D eigenvalue weighted by Crippen LogP contribution is 2.31. The number of nitro groups is 1. The lowest BCUT2D eigenvalue weighted by atomic mass is 10.2. The Bertz CT molecular complexity index is 974. The van der Waals surface area contributed by atoms with Crippen LogP contribution in [0.5, 0.6) is 0 Å². The molecule has 1 saturated heterocycles. The van der Waals surface area contributed by atoms with Crippen molar-refractivity contribution in [2.24, 2.45) is 0 Å². The fourth-order valence-corrected chi connectivity index (χ4v) is 4.24. The summed E-state index contributed by atoms with van der Waals surface area (Å²) in [6, 6.07) is 10.7. The summed E-state index contributed by atoms with van der Waals surface area (Å²) in [7, 11) is -3.70. The molecule has 0 unspecified atom stereocenters. The second kappa shape index (κ2) is 8.75. The molecular formula is C19H23FN4O4S. The summed E-state index contributed by atoms with van der Waals surface area (Å²) in [6.45, 7) is 4.34. The van der Waals surface area contributed by atoms with E-state index in [0.717, 1.165) is 38.1 Å². The lowest BCUT2D eigenvalue weighted by Crippen LogP contribution is -2.47. The molecule has 3 rings (SSSR count). The molecule has 2 aromatic carbocycles. The SMILES string of the molecule is CS(=O)(=O)c1cccc(NCCN2CCN(c3ccc(F)cc3)CC2)c1[N+](=O)[O-]. The quantitative estimate of drug-likeness (QED) is 0.541. The number of halogens is 1. The lowest BCUT2D eigenvalue weighted by Gasteiger charge is -2.36. The molecule has 0 aliphatic carbocycles.